The molecule has 0 fully saturated rings. The van der Waals surface area contributed by atoms with Crippen LogP contribution < -0.4 is 11.5 Å². The third-order valence-electron chi connectivity index (χ3n) is 2.15. The Balaban J connectivity index is 2.17. The second kappa shape index (κ2) is 4.22. The van der Waals surface area contributed by atoms with Crippen LogP contribution in [0.5, 0.6) is 0 Å². The first-order valence-electron chi connectivity index (χ1n) is 4.72. The summed E-state index contributed by atoms with van der Waals surface area (Å²) in [5, 5.41) is 0. The van der Waals surface area contributed by atoms with Crippen LogP contribution in [0.25, 0.3) is 0 Å². The lowest BCUT2D eigenvalue weighted by molar-refractivity contribution is 0.108. The molecule has 0 saturated heterocycles. The smallest absolute Gasteiger partial charge is 0.186 e. The zero-order valence-corrected chi connectivity index (χ0v) is 8.31. The summed E-state index contributed by atoms with van der Waals surface area (Å²) in [4.78, 5) is 12.4. The molecule has 0 bridgehead atoms. The summed E-state index contributed by atoms with van der Waals surface area (Å²) in [6, 6.07) is 0. The predicted octanol–water partition coefficient (Wildman–Crippen LogP) is -0.677. The summed E-state index contributed by atoms with van der Waals surface area (Å²) in [5.74, 6) is 0.698. The summed E-state index contributed by atoms with van der Waals surface area (Å²) in [6.07, 6.45) is 2.60. The monoisotopic (exact) mass is 207 g/mol. The van der Waals surface area contributed by atoms with Crippen molar-refractivity contribution in [3.05, 3.63) is 23.3 Å². The quantitative estimate of drug-likeness (QED) is 0.494. The highest BCUT2D eigenvalue weighted by atomic mass is 16.5. The molecule has 0 aromatic carbocycles. The number of hydrogen-bond acceptors (Lipinski definition) is 4. The van der Waals surface area contributed by atoms with Gasteiger partial charge in [-0.3, -0.25) is 0 Å². The summed E-state index contributed by atoms with van der Waals surface area (Å²) in [7, 11) is 0. The van der Waals surface area contributed by atoms with E-state index < -0.39 is 0 Å². The lowest BCUT2D eigenvalue weighted by atomic mass is 10.1. The minimum absolute atomic E-state index is 0.0552. The standard InChI is InChI=1S/C9H13N5O/c10-9(11)13-4-8-12-3-6-5-15-2-1-7(6)14-8/h3H,1-2,4-5H2,(H4,10,11,13). The number of rotatable bonds is 2. The molecule has 4 N–H and O–H groups in total. The molecular formula is C9H13N5O. The van der Waals surface area contributed by atoms with Crippen molar-refractivity contribution in [3.63, 3.8) is 0 Å². The highest BCUT2D eigenvalue weighted by Crippen LogP contribution is 2.13. The van der Waals surface area contributed by atoms with Crippen molar-refractivity contribution in [3.8, 4) is 0 Å². The largest absolute Gasteiger partial charge is 0.376 e. The van der Waals surface area contributed by atoms with Gasteiger partial charge in [0, 0.05) is 18.2 Å². The van der Waals surface area contributed by atoms with Crippen LogP contribution in [0, 0.1) is 0 Å². The molecule has 6 nitrogen and oxygen atoms in total. The van der Waals surface area contributed by atoms with Crippen molar-refractivity contribution < 1.29 is 4.74 Å². The van der Waals surface area contributed by atoms with E-state index in [4.69, 9.17) is 16.2 Å². The SMILES string of the molecule is NC(N)=NCc1ncc2c(n1)CCOC2. The Morgan fingerprint density at radius 3 is 3.20 bits per heavy atom. The first-order valence-corrected chi connectivity index (χ1v) is 4.72. The Hall–Kier alpha value is -1.69. The maximum Gasteiger partial charge on any atom is 0.186 e. The fourth-order valence-corrected chi connectivity index (χ4v) is 1.41. The Morgan fingerprint density at radius 2 is 2.40 bits per heavy atom. The van der Waals surface area contributed by atoms with Crippen LogP contribution >= 0.6 is 0 Å². The molecule has 2 heterocycles. The van der Waals surface area contributed by atoms with Crippen LogP contribution in [0.4, 0.5) is 0 Å². The third kappa shape index (κ3) is 2.41. The minimum Gasteiger partial charge on any atom is -0.376 e. The van der Waals surface area contributed by atoms with Crippen molar-refractivity contribution in [1.29, 1.82) is 0 Å². The summed E-state index contributed by atoms with van der Waals surface area (Å²) in [6.45, 7) is 1.64. The van der Waals surface area contributed by atoms with Gasteiger partial charge in [0.1, 0.15) is 12.4 Å². The Morgan fingerprint density at radius 1 is 1.53 bits per heavy atom. The fraction of sp³-hybridized carbons (Fsp3) is 0.444. The Bertz CT molecular complexity index is 386. The molecule has 80 valence electrons. The summed E-state index contributed by atoms with van der Waals surface area (Å²) >= 11 is 0. The van der Waals surface area contributed by atoms with Crippen molar-refractivity contribution in [2.45, 2.75) is 19.6 Å². The molecule has 0 spiro atoms. The van der Waals surface area contributed by atoms with Crippen LogP contribution in [-0.2, 0) is 24.3 Å². The summed E-state index contributed by atoms with van der Waals surface area (Å²) in [5.41, 5.74) is 12.6. The van der Waals surface area contributed by atoms with Gasteiger partial charge in [0.2, 0.25) is 0 Å². The summed E-state index contributed by atoms with van der Waals surface area (Å²) < 4.78 is 5.29. The van der Waals surface area contributed by atoms with E-state index in [0.29, 0.717) is 25.6 Å². The molecule has 0 aliphatic carbocycles. The van der Waals surface area contributed by atoms with E-state index in [9.17, 15) is 0 Å². The lowest BCUT2D eigenvalue weighted by Gasteiger charge is -2.14. The molecule has 0 amide bonds. The first kappa shape index (κ1) is 9.85. The topological polar surface area (TPSA) is 99.4 Å². The highest BCUT2D eigenvalue weighted by molar-refractivity contribution is 5.75. The van der Waals surface area contributed by atoms with Crippen LogP contribution in [0.3, 0.4) is 0 Å². The van der Waals surface area contributed by atoms with E-state index in [1.54, 1.807) is 6.20 Å². The predicted molar refractivity (Wildman–Crippen MR) is 54.9 cm³/mol. The zero-order valence-electron chi connectivity index (χ0n) is 8.31. The molecular weight excluding hydrogens is 194 g/mol. The van der Waals surface area contributed by atoms with Crippen LogP contribution in [0.15, 0.2) is 11.2 Å². The van der Waals surface area contributed by atoms with E-state index in [-0.39, 0.29) is 5.96 Å². The van der Waals surface area contributed by atoms with E-state index in [2.05, 4.69) is 15.0 Å². The second-order valence-corrected chi connectivity index (χ2v) is 3.30. The van der Waals surface area contributed by atoms with Gasteiger partial charge >= 0.3 is 0 Å². The van der Waals surface area contributed by atoms with Gasteiger partial charge in [-0.2, -0.15) is 0 Å². The number of hydrogen-bond donors (Lipinski definition) is 2. The van der Waals surface area contributed by atoms with Crippen molar-refractivity contribution >= 4 is 5.96 Å². The van der Waals surface area contributed by atoms with Gasteiger partial charge < -0.3 is 16.2 Å². The lowest BCUT2D eigenvalue weighted by Crippen LogP contribution is -2.23. The fourth-order valence-electron chi connectivity index (χ4n) is 1.41. The second-order valence-electron chi connectivity index (χ2n) is 3.30. The Kier molecular flexibility index (Phi) is 2.77. The first-order chi connectivity index (χ1) is 7.25. The third-order valence-corrected chi connectivity index (χ3v) is 2.15. The number of ether oxygens (including phenoxy) is 1. The highest BCUT2D eigenvalue weighted by Gasteiger charge is 2.11. The van der Waals surface area contributed by atoms with E-state index in [1.165, 1.54) is 0 Å². The molecule has 1 aliphatic rings. The molecule has 0 unspecified atom stereocenters. The average Bonchev–Trinajstić information content (AvgIpc) is 2.26. The molecule has 2 rings (SSSR count). The number of aromatic nitrogens is 2. The van der Waals surface area contributed by atoms with Crippen molar-refractivity contribution in [2.75, 3.05) is 6.61 Å². The molecule has 15 heavy (non-hydrogen) atoms. The van der Waals surface area contributed by atoms with Gasteiger partial charge in [-0.25, -0.2) is 15.0 Å². The average molecular weight is 207 g/mol. The maximum absolute atomic E-state index is 5.29. The number of nitrogens with two attached hydrogens (primary N) is 2. The number of nitrogens with zero attached hydrogens (tertiary/aromatic N) is 3. The number of guanidine groups is 1. The van der Waals surface area contributed by atoms with Crippen LogP contribution in [0.1, 0.15) is 17.1 Å². The van der Waals surface area contributed by atoms with E-state index in [1.807, 2.05) is 0 Å². The van der Waals surface area contributed by atoms with E-state index in [0.717, 1.165) is 17.7 Å². The Labute approximate surface area is 87.4 Å². The van der Waals surface area contributed by atoms with Crippen molar-refractivity contribution in [2.24, 2.45) is 16.5 Å². The number of aliphatic imine (C=N–C) groups is 1. The molecule has 1 aromatic rings. The van der Waals surface area contributed by atoms with E-state index >= 15 is 0 Å². The normalized spacial score (nSPS) is 14.4. The molecule has 1 aliphatic heterocycles. The molecule has 1 aromatic heterocycles. The zero-order chi connectivity index (χ0) is 10.7. The van der Waals surface area contributed by atoms with Crippen molar-refractivity contribution in [1.82, 2.24) is 9.97 Å². The van der Waals surface area contributed by atoms with Gasteiger partial charge in [-0.15, -0.1) is 0 Å². The van der Waals surface area contributed by atoms with Gasteiger partial charge in [0.15, 0.2) is 5.96 Å². The van der Waals surface area contributed by atoms with Gasteiger partial charge in [-0.05, 0) is 0 Å². The number of fused-ring (bicyclic) bond motifs is 1. The maximum atomic E-state index is 5.29. The minimum atomic E-state index is 0.0552. The van der Waals surface area contributed by atoms with Gasteiger partial charge in [0.25, 0.3) is 0 Å². The molecule has 0 atom stereocenters. The molecule has 0 saturated carbocycles. The molecule has 6 heteroatoms. The van der Waals surface area contributed by atoms with Gasteiger partial charge in [-0.1, -0.05) is 0 Å². The van der Waals surface area contributed by atoms with Crippen LogP contribution in [0.2, 0.25) is 0 Å². The molecule has 0 radical (unpaired) electrons. The van der Waals surface area contributed by atoms with Gasteiger partial charge in [0.05, 0.1) is 18.9 Å². The van der Waals surface area contributed by atoms with Crippen LogP contribution in [-0.4, -0.2) is 22.5 Å².